The fraction of sp³-hybridized carbons (Fsp3) is 0.316. The Labute approximate surface area is 136 Å². The van der Waals surface area contributed by atoms with Gasteiger partial charge in [0.1, 0.15) is 0 Å². The molecule has 114 valence electrons. The SMILES string of the molecule is CCc1ccccc1NC(=O)C1(c2cccc(Cl)c2)CCC1. The van der Waals surface area contributed by atoms with Crippen LogP contribution in [0.4, 0.5) is 5.69 Å². The second-order valence-electron chi connectivity index (χ2n) is 5.91. The lowest BCUT2D eigenvalue weighted by Gasteiger charge is -2.41. The van der Waals surface area contributed by atoms with Gasteiger partial charge in [-0.25, -0.2) is 0 Å². The van der Waals surface area contributed by atoms with Crippen molar-refractivity contribution in [3.05, 3.63) is 64.7 Å². The summed E-state index contributed by atoms with van der Waals surface area (Å²) in [7, 11) is 0. The number of hydrogen-bond acceptors (Lipinski definition) is 1. The normalized spacial score (nSPS) is 15.9. The molecule has 0 unspecified atom stereocenters. The maximum atomic E-state index is 12.9. The first kappa shape index (κ1) is 15.1. The molecule has 0 saturated heterocycles. The van der Waals surface area contributed by atoms with Crippen LogP contribution in [-0.4, -0.2) is 5.91 Å². The van der Waals surface area contributed by atoms with Crippen molar-refractivity contribution in [1.82, 2.24) is 0 Å². The third-order valence-corrected chi connectivity index (χ3v) is 4.90. The topological polar surface area (TPSA) is 29.1 Å². The largest absolute Gasteiger partial charge is 0.325 e. The maximum absolute atomic E-state index is 12.9. The van der Waals surface area contributed by atoms with Gasteiger partial charge in [-0.15, -0.1) is 0 Å². The van der Waals surface area contributed by atoms with E-state index in [0.29, 0.717) is 5.02 Å². The molecule has 1 amide bonds. The second-order valence-corrected chi connectivity index (χ2v) is 6.35. The molecule has 22 heavy (non-hydrogen) atoms. The number of carbonyl (C=O) groups excluding carboxylic acids is 1. The van der Waals surface area contributed by atoms with Crippen LogP contribution < -0.4 is 5.32 Å². The molecular formula is C19H20ClNO. The van der Waals surface area contributed by atoms with Crippen molar-refractivity contribution >= 4 is 23.2 Å². The van der Waals surface area contributed by atoms with E-state index >= 15 is 0 Å². The summed E-state index contributed by atoms with van der Waals surface area (Å²) >= 11 is 6.11. The molecule has 0 radical (unpaired) electrons. The van der Waals surface area contributed by atoms with Gasteiger partial charge in [0.2, 0.25) is 5.91 Å². The highest BCUT2D eigenvalue weighted by molar-refractivity contribution is 6.30. The molecule has 0 aliphatic heterocycles. The Hall–Kier alpha value is -1.80. The molecule has 0 heterocycles. The molecular weight excluding hydrogens is 294 g/mol. The highest BCUT2D eigenvalue weighted by Gasteiger charge is 2.45. The van der Waals surface area contributed by atoms with E-state index in [4.69, 9.17) is 11.6 Å². The molecule has 2 aromatic carbocycles. The fourth-order valence-electron chi connectivity index (χ4n) is 3.16. The predicted octanol–water partition coefficient (Wildman–Crippen LogP) is 4.96. The number of carbonyl (C=O) groups is 1. The number of amides is 1. The van der Waals surface area contributed by atoms with E-state index in [1.54, 1.807) is 0 Å². The number of rotatable bonds is 4. The smallest absolute Gasteiger partial charge is 0.235 e. The van der Waals surface area contributed by atoms with E-state index in [1.807, 2.05) is 42.5 Å². The standard InChI is InChI=1S/C19H20ClNO/c1-2-14-7-3-4-10-17(14)21-18(22)19(11-6-12-19)15-8-5-9-16(20)13-15/h3-5,7-10,13H,2,6,11-12H2,1H3,(H,21,22). The van der Waals surface area contributed by atoms with E-state index in [-0.39, 0.29) is 5.91 Å². The predicted molar refractivity (Wildman–Crippen MR) is 91.4 cm³/mol. The second kappa shape index (κ2) is 6.13. The van der Waals surface area contributed by atoms with Crippen LogP contribution in [0.2, 0.25) is 5.02 Å². The minimum atomic E-state index is -0.425. The van der Waals surface area contributed by atoms with Crippen molar-refractivity contribution in [3.63, 3.8) is 0 Å². The van der Waals surface area contributed by atoms with Gasteiger partial charge in [-0.05, 0) is 48.6 Å². The van der Waals surface area contributed by atoms with Gasteiger partial charge in [-0.1, -0.05) is 55.3 Å². The molecule has 2 nitrogen and oxygen atoms in total. The van der Waals surface area contributed by atoms with Crippen molar-refractivity contribution in [2.75, 3.05) is 5.32 Å². The minimum Gasteiger partial charge on any atom is -0.325 e. The zero-order valence-electron chi connectivity index (χ0n) is 12.7. The molecule has 0 aromatic heterocycles. The zero-order valence-corrected chi connectivity index (χ0v) is 13.5. The molecule has 0 atom stereocenters. The van der Waals surface area contributed by atoms with Gasteiger partial charge < -0.3 is 5.32 Å². The van der Waals surface area contributed by atoms with Gasteiger partial charge in [0.25, 0.3) is 0 Å². The van der Waals surface area contributed by atoms with Gasteiger partial charge in [0.05, 0.1) is 5.41 Å². The van der Waals surface area contributed by atoms with E-state index < -0.39 is 5.41 Å². The molecule has 3 rings (SSSR count). The third kappa shape index (κ3) is 2.64. The fourth-order valence-corrected chi connectivity index (χ4v) is 3.35. The summed E-state index contributed by atoms with van der Waals surface area (Å²) in [6.45, 7) is 2.10. The van der Waals surface area contributed by atoms with Crippen molar-refractivity contribution in [2.45, 2.75) is 38.0 Å². The third-order valence-electron chi connectivity index (χ3n) is 4.67. The van der Waals surface area contributed by atoms with E-state index in [0.717, 1.165) is 42.5 Å². The first-order valence-electron chi connectivity index (χ1n) is 7.81. The van der Waals surface area contributed by atoms with Crippen molar-refractivity contribution < 1.29 is 4.79 Å². The van der Waals surface area contributed by atoms with Gasteiger partial charge in [0.15, 0.2) is 0 Å². The Morgan fingerprint density at radius 3 is 2.59 bits per heavy atom. The van der Waals surface area contributed by atoms with Crippen LogP contribution in [0.3, 0.4) is 0 Å². The Morgan fingerprint density at radius 2 is 1.95 bits per heavy atom. The quantitative estimate of drug-likeness (QED) is 0.849. The van der Waals surface area contributed by atoms with Crippen LogP contribution in [0.5, 0.6) is 0 Å². The Balaban J connectivity index is 1.89. The van der Waals surface area contributed by atoms with Crippen LogP contribution >= 0.6 is 11.6 Å². The highest BCUT2D eigenvalue weighted by atomic mass is 35.5. The van der Waals surface area contributed by atoms with Crippen molar-refractivity contribution in [3.8, 4) is 0 Å². The average molecular weight is 314 g/mol. The Kier molecular flexibility index (Phi) is 4.21. The van der Waals surface area contributed by atoms with Gasteiger partial charge in [-0.2, -0.15) is 0 Å². The van der Waals surface area contributed by atoms with Crippen LogP contribution in [-0.2, 0) is 16.6 Å². The van der Waals surface area contributed by atoms with Crippen molar-refractivity contribution in [2.24, 2.45) is 0 Å². The van der Waals surface area contributed by atoms with Gasteiger partial charge >= 0.3 is 0 Å². The number of hydrogen-bond donors (Lipinski definition) is 1. The zero-order chi connectivity index (χ0) is 15.6. The summed E-state index contributed by atoms with van der Waals surface area (Å²) in [5, 5.41) is 3.83. The summed E-state index contributed by atoms with van der Waals surface area (Å²) in [4.78, 5) is 12.9. The van der Waals surface area contributed by atoms with Crippen molar-refractivity contribution in [1.29, 1.82) is 0 Å². The first-order chi connectivity index (χ1) is 10.7. The Bertz CT molecular complexity index is 691. The maximum Gasteiger partial charge on any atom is 0.235 e. The lowest BCUT2D eigenvalue weighted by atomic mass is 9.63. The molecule has 1 fully saturated rings. The van der Waals surface area contributed by atoms with E-state index in [1.165, 1.54) is 0 Å². The summed E-state index contributed by atoms with van der Waals surface area (Å²) in [5.41, 5.74) is 2.68. The molecule has 1 aliphatic rings. The monoisotopic (exact) mass is 313 g/mol. The van der Waals surface area contributed by atoms with Gasteiger partial charge in [-0.3, -0.25) is 4.79 Å². The van der Waals surface area contributed by atoms with E-state index in [2.05, 4.69) is 18.3 Å². The molecule has 1 saturated carbocycles. The molecule has 3 heteroatoms. The first-order valence-corrected chi connectivity index (χ1v) is 8.19. The van der Waals surface area contributed by atoms with Crippen LogP contribution in [0.15, 0.2) is 48.5 Å². The van der Waals surface area contributed by atoms with E-state index in [9.17, 15) is 4.79 Å². The number of anilines is 1. The number of para-hydroxylation sites is 1. The Morgan fingerprint density at radius 1 is 1.18 bits per heavy atom. The number of nitrogens with one attached hydrogen (secondary N) is 1. The average Bonchev–Trinajstić information content (AvgIpc) is 2.47. The summed E-state index contributed by atoms with van der Waals surface area (Å²) < 4.78 is 0. The summed E-state index contributed by atoms with van der Waals surface area (Å²) in [6, 6.07) is 15.7. The number of halogens is 1. The molecule has 1 aliphatic carbocycles. The molecule has 1 N–H and O–H groups in total. The molecule has 0 bridgehead atoms. The summed E-state index contributed by atoms with van der Waals surface area (Å²) in [6.07, 6.45) is 3.75. The van der Waals surface area contributed by atoms with Crippen LogP contribution in [0, 0.1) is 0 Å². The van der Waals surface area contributed by atoms with Crippen LogP contribution in [0.1, 0.15) is 37.3 Å². The lowest BCUT2D eigenvalue weighted by Crippen LogP contribution is -2.46. The van der Waals surface area contributed by atoms with Crippen LogP contribution in [0.25, 0.3) is 0 Å². The lowest BCUT2D eigenvalue weighted by molar-refractivity contribution is -0.124. The number of benzene rings is 2. The summed E-state index contributed by atoms with van der Waals surface area (Å²) in [5.74, 6) is 0.0851. The highest BCUT2D eigenvalue weighted by Crippen LogP contribution is 2.45. The number of aryl methyl sites for hydroxylation is 1. The molecule has 2 aromatic rings. The van der Waals surface area contributed by atoms with Gasteiger partial charge in [0, 0.05) is 10.7 Å². The molecule has 0 spiro atoms. The minimum absolute atomic E-state index is 0.0851.